The first kappa shape index (κ1) is 15.7. The predicted molar refractivity (Wildman–Crippen MR) is 87.5 cm³/mol. The van der Waals surface area contributed by atoms with E-state index in [1.807, 2.05) is 18.4 Å². The number of rotatable bonds is 4. The van der Waals surface area contributed by atoms with Gasteiger partial charge in [-0.1, -0.05) is 6.92 Å². The van der Waals surface area contributed by atoms with Crippen LogP contribution in [0.2, 0.25) is 0 Å². The van der Waals surface area contributed by atoms with Crippen molar-refractivity contribution in [2.75, 3.05) is 18.5 Å². The second-order valence-corrected chi connectivity index (χ2v) is 6.71. The molecule has 130 valence electrons. The lowest BCUT2D eigenvalue weighted by molar-refractivity contribution is -0.146. The molecule has 2 aromatic heterocycles. The van der Waals surface area contributed by atoms with Gasteiger partial charge in [0.15, 0.2) is 22.8 Å². The van der Waals surface area contributed by atoms with E-state index in [0.717, 1.165) is 29.9 Å². The quantitative estimate of drug-likeness (QED) is 0.917. The molecular formula is C16H23N5O3. The summed E-state index contributed by atoms with van der Waals surface area (Å²) >= 11 is 0. The number of nitrogens with one attached hydrogen (secondary N) is 1. The van der Waals surface area contributed by atoms with E-state index in [1.165, 1.54) is 0 Å². The summed E-state index contributed by atoms with van der Waals surface area (Å²) in [6.07, 6.45) is 4.90. The predicted octanol–water partition coefficient (Wildman–Crippen LogP) is 2.09. The van der Waals surface area contributed by atoms with E-state index in [2.05, 4.69) is 27.2 Å². The molecule has 8 heteroatoms. The van der Waals surface area contributed by atoms with Crippen LogP contribution in [0.25, 0.3) is 11.2 Å². The first-order valence-corrected chi connectivity index (χ1v) is 8.46. The highest BCUT2D eigenvalue weighted by Crippen LogP contribution is 2.37. The summed E-state index contributed by atoms with van der Waals surface area (Å²) in [6, 6.07) is 0. The van der Waals surface area contributed by atoms with Crippen LogP contribution in [0, 0.1) is 0 Å². The van der Waals surface area contributed by atoms with Gasteiger partial charge in [-0.05, 0) is 20.3 Å². The Balaban J connectivity index is 1.59. The van der Waals surface area contributed by atoms with Crippen LogP contribution in [-0.2, 0) is 14.2 Å². The second-order valence-electron chi connectivity index (χ2n) is 6.71. The molecule has 0 amide bonds. The van der Waals surface area contributed by atoms with Gasteiger partial charge >= 0.3 is 0 Å². The maximum Gasteiger partial charge on any atom is 0.167 e. The van der Waals surface area contributed by atoms with Gasteiger partial charge in [0.25, 0.3) is 0 Å². The van der Waals surface area contributed by atoms with Gasteiger partial charge in [0.1, 0.15) is 18.7 Å². The van der Waals surface area contributed by atoms with Crippen molar-refractivity contribution in [2.45, 2.75) is 57.8 Å². The van der Waals surface area contributed by atoms with Gasteiger partial charge in [0, 0.05) is 13.0 Å². The van der Waals surface area contributed by atoms with Crippen molar-refractivity contribution in [3.63, 3.8) is 0 Å². The summed E-state index contributed by atoms with van der Waals surface area (Å²) in [6.45, 7) is 7.34. The van der Waals surface area contributed by atoms with Crippen LogP contribution in [0.3, 0.4) is 0 Å². The monoisotopic (exact) mass is 333 g/mol. The number of imidazole rings is 1. The van der Waals surface area contributed by atoms with Crippen LogP contribution < -0.4 is 5.32 Å². The molecule has 0 bridgehead atoms. The summed E-state index contributed by atoms with van der Waals surface area (Å²) in [4.78, 5) is 13.2. The van der Waals surface area contributed by atoms with Crippen LogP contribution in [0.15, 0.2) is 12.7 Å². The molecule has 2 aliphatic heterocycles. The lowest BCUT2D eigenvalue weighted by Crippen LogP contribution is -2.37. The third-order valence-electron chi connectivity index (χ3n) is 4.38. The molecule has 2 aliphatic rings. The molecule has 0 saturated carbocycles. The topological polar surface area (TPSA) is 83.3 Å². The zero-order chi connectivity index (χ0) is 16.7. The molecule has 4 rings (SSSR count). The Bertz CT molecular complexity index is 732. The van der Waals surface area contributed by atoms with Crippen molar-refractivity contribution < 1.29 is 14.2 Å². The number of aromatic nitrogens is 4. The molecule has 1 N–H and O–H groups in total. The number of hydrogen-bond donors (Lipinski definition) is 1. The van der Waals surface area contributed by atoms with Crippen molar-refractivity contribution in [1.82, 2.24) is 19.5 Å². The minimum absolute atomic E-state index is 0.0116. The van der Waals surface area contributed by atoms with E-state index in [9.17, 15) is 0 Å². The summed E-state index contributed by atoms with van der Waals surface area (Å²) in [5.41, 5.74) is 1.53. The van der Waals surface area contributed by atoms with Crippen LogP contribution >= 0.6 is 0 Å². The molecule has 0 aromatic carbocycles. The molecule has 8 nitrogen and oxygen atoms in total. The van der Waals surface area contributed by atoms with Gasteiger partial charge in [0.2, 0.25) is 0 Å². The van der Waals surface area contributed by atoms with E-state index in [1.54, 1.807) is 12.7 Å². The molecule has 3 unspecified atom stereocenters. The number of hydrogen-bond acceptors (Lipinski definition) is 7. The zero-order valence-electron chi connectivity index (χ0n) is 14.2. The van der Waals surface area contributed by atoms with Crippen molar-refractivity contribution >= 4 is 17.0 Å². The fourth-order valence-electron chi connectivity index (χ4n) is 3.35. The third-order valence-corrected chi connectivity index (χ3v) is 4.38. The molecule has 2 aromatic rings. The van der Waals surface area contributed by atoms with Gasteiger partial charge in [-0.2, -0.15) is 0 Å². The molecular weight excluding hydrogens is 310 g/mol. The minimum Gasteiger partial charge on any atom is -0.368 e. The van der Waals surface area contributed by atoms with E-state index in [0.29, 0.717) is 13.0 Å². The van der Waals surface area contributed by atoms with E-state index < -0.39 is 5.79 Å². The highest BCUT2D eigenvalue weighted by Gasteiger charge is 2.45. The Morgan fingerprint density at radius 1 is 1.25 bits per heavy atom. The van der Waals surface area contributed by atoms with Crippen molar-refractivity contribution in [3.8, 4) is 0 Å². The lowest BCUT2D eigenvalue weighted by Gasteiger charge is -2.30. The zero-order valence-corrected chi connectivity index (χ0v) is 14.2. The lowest BCUT2D eigenvalue weighted by atomic mass is 10.1. The third kappa shape index (κ3) is 2.74. The average molecular weight is 333 g/mol. The Morgan fingerprint density at radius 2 is 2.08 bits per heavy atom. The van der Waals surface area contributed by atoms with E-state index >= 15 is 0 Å². The van der Waals surface area contributed by atoms with E-state index in [4.69, 9.17) is 14.2 Å². The fourth-order valence-corrected chi connectivity index (χ4v) is 3.35. The number of nitrogens with zero attached hydrogens (tertiary/aromatic N) is 4. The molecule has 0 radical (unpaired) electrons. The highest BCUT2D eigenvalue weighted by molar-refractivity contribution is 5.82. The number of ether oxygens (including phenoxy) is 3. The number of anilines is 1. The molecule has 0 aliphatic carbocycles. The fraction of sp³-hybridized carbons (Fsp3) is 0.688. The van der Waals surface area contributed by atoms with Gasteiger partial charge in [-0.15, -0.1) is 0 Å². The smallest absolute Gasteiger partial charge is 0.167 e. The largest absolute Gasteiger partial charge is 0.368 e. The first-order valence-electron chi connectivity index (χ1n) is 8.46. The van der Waals surface area contributed by atoms with Crippen molar-refractivity contribution in [2.24, 2.45) is 0 Å². The number of fused-ring (bicyclic) bond motifs is 2. The normalized spacial score (nSPS) is 28.9. The van der Waals surface area contributed by atoms with E-state index in [-0.39, 0.29) is 18.4 Å². The van der Waals surface area contributed by atoms with Crippen LogP contribution in [0.5, 0.6) is 0 Å². The Hall–Kier alpha value is -1.77. The second kappa shape index (κ2) is 5.94. The van der Waals surface area contributed by atoms with Crippen molar-refractivity contribution in [3.05, 3.63) is 12.7 Å². The molecule has 2 fully saturated rings. The van der Waals surface area contributed by atoms with Gasteiger partial charge in [0.05, 0.1) is 19.0 Å². The Labute approximate surface area is 140 Å². The molecule has 24 heavy (non-hydrogen) atoms. The highest BCUT2D eigenvalue weighted by atomic mass is 16.8. The van der Waals surface area contributed by atoms with Crippen LogP contribution in [-0.4, -0.2) is 50.7 Å². The van der Waals surface area contributed by atoms with Gasteiger partial charge in [-0.3, -0.25) is 4.57 Å². The molecule has 3 atom stereocenters. The minimum atomic E-state index is -0.552. The Morgan fingerprint density at radius 3 is 2.92 bits per heavy atom. The van der Waals surface area contributed by atoms with Gasteiger partial charge in [-0.25, -0.2) is 15.0 Å². The maximum absolute atomic E-state index is 6.00. The summed E-state index contributed by atoms with van der Waals surface area (Å²) in [5, 5.41) is 3.29. The summed E-state index contributed by atoms with van der Waals surface area (Å²) < 4.78 is 19.8. The van der Waals surface area contributed by atoms with Crippen molar-refractivity contribution in [1.29, 1.82) is 0 Å². The summed E-state index contributed by atoms with van der Waals surface area (Å²) in [5.74, 6) is 0.208. The molecule has 4 heterocycles. The van der Waals surface area contributed by atoms with Gasteiger partial charge < -0.3 is 19.5 Å². The molecule has 2 saturated heterocycles. The molecule has 0 spiro atoms. The Kier molecular flexibility index (Phi) is 3.90. The standard InChI is InChI=1S/C16H23N5O3/c1-4-5-17-14-13-15(19-8-18-14)21(9-20-13)12-6-10-11(7-22-12)24-16(2,3)23-10/h8-12H,4-7H2,1-3H3,(H,17,18,19). The van der Waals surface area contributed by atoms with Crippen LogP contribution in [0.1, 0.15) is 39.8 Å². The average Bonchev–Trinajstić information content (AvgIpc) is 3.11. The van der Waals surface area contributed by atoms with Crippen LogP contribution in [0.4, 0.5) is 5.82 Å². The first-order chi connectivity index (χ1) is 11.6. The maximum atomic E-state index is 6.00. The summed E-state index contributed by atoms with van der Waals surface area (Å²) in [7, 11) is 0. The SMILES string of the molecule is CCCNc1ncnc2c1ncn2C1CC2OC(C)(C)OC2CO1.